The van der Waals surface area contributed by atoms with Crippen molar-refractivity contribution in [1.29, 1.82) is 5.26 Å². The van der Waals surface area contributed by atoms with Crippen molar-refractivity contribution in [3.63, 3.8) is 0 Å². The van der Waals surface area contributed by atoms with Gasteiger partial charge in [-0.15, -0.1) is 0 Å². The molecule has 0 amide bonds. The van der Waals surface area contributed by atoms with E-state index in [1.54, 1.807) is 14.2 Å². The average molecular weight is 218 g/mol. The molecule has 0 fully saturated rings. The number of nitriles is 1. The van der Waals surface area contributed by atoms with Gasteiger partial charge in [0, 0.05) is 5.56 Å². The molecule has 3 heteroatoms. The molecule has 86 valence electrons. The summed E-state index contributed by atoms with van der Waals surface area (Å²) >= 11 is 0. The van der Waals surface area contributed by atoms with E-state index in [9.17, 15) is 0 Å². The molecule has 0 radical (unpaired) electrons. The van der Waals surface area contributed by atoms with Crippen LogP contribution in [0.5, 0.6) is 5.75 Å². The zero-order valence-corrected chi connectivity index (χ0v) is 10.5. The number of ether oxygens (including phenoxy) is 1. The summed E-state index contributed by atoms with van der Waals surface area (Å²) in [6, 6.07) is 4.01. The van der Waals surface area contributed by atoms with Crippen LogP contribution in [0.25, 0.3) is 0 Å². The van der Waals surface area contributed by atoms with Gasteiger partial charge in [-0.1, -0.05) is 6.07 Å². The summed E-state index contributed by atoms with van der Waals surface area (Å²) in [6.45, 7) is 6.07. The van der Waals surface area contributed by atoms with Crippen LogP contribution in [-0.2, 0) is 0 Å². The second-order valence-electron chi connectivity index (χ2n) is 3.93. The van der Waals surface area contributed by atoms with Crippen LogP contribution in [-0.4, -0.2) is 14.2 Å². The van der Waals surface area contributed by atoms with E-state index in [2.05, 4.69) is 24.4 Å². The number of nitrogens with one attached hydrogen (secondary N) is 1. The average Bonchev–Trinajstić information content (AvgIpc) is 2.27. The number of rotatable bonds is 3. The molecule has 0 spiro atoms. The Morgan fingerprint density at radius 2 is 1.94 bits per heavy atom. The van der Waals surface area contributed by atoms with Gasteiger partial charge in [0.25, 0.3) is 0 Å². The number of hydrogen-bond donors (Lipinski definition) is 1. The minimum atomic E-state index is -0.325. The van der Waals surface area contributed by atoms with Gasteiger partial charge in [-0.3, -0.25) is 0 Å². The Kier molecular flexibility index (Phi) is 3.92. The lowest BCUT2D eigenvalue weighted by Gasteiger charge is -2.19. The summed E-state index contributed by atoms with van der Waals surface area (Å²) in [6.07, 6.45) is 0. The monoisotopic (exact) mass is 218 g/mol. The van der Waals surface area contributed by atoms with Crippen molar-refractivity contribution in [3.05, 3.63) is 28.3 Å². The fourth-order valence-electron chi connectivity index (χ4n) is 1.97. The summed E-state index contributed by atoms with van der Waals surface area (Å²) in [7, 11) is 3.43. The van der Waals surface area contributed by atoms with Gasteiger partial charge in [0.15, 0.2) is 0 Å². The van der Waals surface area contributed by atoms with Crippen LogP contribution in [0, 0.1) is 32.1 Å². The highest BCUT2D eigenvalue weighted by molar-refractivity contribution is 5.52. The molecular weight excluding hydrogens is 200 g/mol. The Morgan fingerprint density at radius 1 is 1.31 bits per heavy atom. The van der Waals surface area contributed by atoms with Crippen LogP contribution < -0.4 is 10.1 Å². The largest absolute Gasteiger partial charge is 0.496 e. The van der Waals surface area contributed by atoms with E-state index in [0.717, 1.165) is 22.4 Å². The van der Waals surface area contributed by atoms with E-state index in [0.29, 0.717) is 0 Å². The van der Waals surface area contributed by atoms with Crippen LogP contribution in [0.15, 0.2) is 6.07 Å². The predicted molar refractivity (Wildman–Crippen MR) is 64.6 cm³/mol. The molecule has 0 bridgehead atoms. The summed E-state index contributed by atoms with van der Waals surface area (Å²) in [5.41, 5.74) is 4.31. The molecular formula is C13H18N2O. The number of benzene rings is 1. The lowest BCUT2D eigenvalue weighted by molar-refractivity contribution is 0.402. The van der Waals surface area contributed by atoms with E-state index < -0.39 is 0 Å². The first kappa shape index (κ1) is 12.5. The molecule has 0 aliphatic rings. The molecule has 0 saturated carbocycles. The summed E-state index contributed by atoms with van der Waals surface area (Å²) in [5.74, 6) is 0.818. The van der Waals surface area contributed by atoms with E-state index in [1.165, 1.54) is 5.56 Å². The van der Waals surface area contributed by atoms with Crippen LogP contribution in [0.1, 0.15) is 28.3 Å². The van der Waals surface area contributed by atoms with Crippen molar-refractivity contribution in [2.24, 2.45) is 0 Å². The van der Waals surface area contributed by atoms with Crippen LogP contribution >= 0.6 is 0 Å². The van der Waals surface area contributed by atoms with Crippen molar-refractivity contribution in [2.45, 2.75) is 26.8 Å². The quantitative estimate of drug-likeness (QED) is 0.847. The van der Waals surface area contributed by atoms with Crippen molar-refractivity contribution in [3.8, 4) is 11.8 Å². The number of nitrogens with zero attached hydrogens (tertiary/aromatic N) is 1. The fourth-order valence-corrected chi connectivity index (χ4v) is 1.97. The Hall–Kier alpha value is -1.53. The lowest BCUT2D eigenvalue weighted by atomic mass is 9.94. The maximum absolute atomic E-state index is 9.12. The molecule has 0 heterocycles. The lowest BCUT2D eigenvalue weighted by Crippen LogP contribution is -2.17. The minimum absolute atomic E-state index is 0.325. The smallest absolute Gasteiger partial charge is 0.128 e. The first-order valence-corrected chi connectivity index (χ1v) is 5.28. The standard InChI is InChI=1S/C13H18N2O/c1-8-6-9(2)12(11(7-14)15-4)13(16-5)10(8)3/h6,11,15H,1-5H3. The second kappa shape index (κ2) is 5.00. The normalized spacial score (nSPS) is 12.0. The van der Waals surface area contributed by atoms with E-state index in [-0.39, 0.29) is 6.04 Å². The number of hydrogen-bond acceptors (Lipinski definition) is 3. The first-order chi connectivity index (χ1) is 7.56. The SMILES string of the molecule is CNC(C#N)c1c(C)cc(C)c(C)c1OC. The Morgan fingerprint density at radius 3 is 2.38 bits per heavy atom. The van der Waals surface area contributed by atoms with Gasteiger partial charge in [0.1, 0.15) is 11.8 Å². The van der Waals surface area contributed by atoms with Gasteiger partial charge in [-0.25, -0.2) is 0 Å². The highest BCUT2D eigenvalue weighted by Crippen LogP contribution is 2.33. The Balaban J connectivity index is 3.49. The Bertz CT molecular complexity index is 433. The highest BCUT2D eigenvalue weighted by Gasteiger charge is 2.19. The zero-order valence-electron chi connectivity index (χ0n) is 10.5. The van der Waals surface area contributed by atoms with E-state index in [4.69, 9.17) is 10.00 Å². The van der Waals surface area contributed by atoms with E-state index in [1.807, 2.05) is 13.8 Å². The minimum Gasteiger partial charge on any atom is -0.496 e. The molecule has 0 saturated heterocycles. The molecule has 1 aromatic rings. The fraction of sp³-hybridized carbons (Fsp3) is 0.462. The van der Waals surface area contributed by atoms with Crippen molar-refractivity contribution >= 4 is 0 Å². The molecule has 1 unspecified atom stereocenters. The van der Waals surface area contributed by atoms with Crippen LogP contribution in [0.2, 0.25) is 0 Å². The highest BCUT2D eigenvalue weighted by atomic mass is 16.5. The molecule has 16 heavy (non-hydrogen) atoms. The van der Waals surface area contributed by atoms with Gasteiger partial charge < -0.3 is 10.1 Å². The maximum Gasteiger partial charge on any atom is 0.128 e. The van der Waals surface area contributed by atoms with Crippen LogP contribution in [0.3, 0.4) is 0 Å². The Labute approximate surface area is 97.0 Å². The molecule has 1 N–H and O–H groups in total. The van der Waals surface area contributed by atoms with E-state index >= 15 is 0 Å². The number of methoxy groups -OCH3 is 1. The molecule has 0 aliphatic carbocycles. The van der Waals surface area contributed by atoms with Gasteiger partial charge in [0.2, 0.25) is 0 Å². The summed E-state index contributed by atoms with van der Waals surface area (Å²) in [4.78, 5) is 0. The molecule has 3 nitrogen and oxygen atoms in total. The maximum atomic E-state index is 9.12. The third kappa shape index (κ3) is 2.02. The second-order valence-corrected chi connectivity index (χ2v) is 3.93. The number of aryl methyl sites for hydroxylation is 2. The molecule has 1 atom stereocenters. The van der Waals surface area contributed by atoms with Crippen molar-refractivity contribution < 1.29 is 4.74 Å². The third-order valence-corrected chi connectivity index (χ3v) is 2.95. The molecule has 1 aromatic carbocycles. The third-order valence-electron chi connectivity index (χ3n) is 2.95. The first-order valence-electron chi connectivity index (χ1n) is 5.28. The molecule has 1 rings (SSSR count). The van der Waals surface area contributed by atoms with Gasteiger partial charge in [0.05, 0.1) is 13.2 Å². The molecule has 0 aliphatic heterocycles. The van der Waals surface area contributed by atoms with Crippen LogP contribution in [0.4, 0.5) is 0 Å². The van der Waals surface area contributed by atoms with Crippen molar-refractivity contribution in [2.75, 3.05) is 14.2 Å². The molecule has 0 aromatic heterocycles. The summed E-state index contributed by atoms with van der Waals surface area (Å²) < 4.78 is 5.43. The van der Waals surface area contributed by atoms with Gasteiger partial charge in [-0.2, -0.15) is 5.26 Å². The van der Waals surface area contributed by atoms with Crippen molar-refractivity contribution in [1.82, 2.24) is 5.32 Å². The topological polar surface area (TPSA) is 45.0 Å². The zero-order chi connectivity index (χ0) is 12.3. The predicted octanol–water partition coefficient (Wildman–Crippen LogP) is 2.40. The summed E-state index contributed by atoms with van der Waals surface area (Å²) in [5, 5.41) is 12.1. The van der Waals surface area contributed by atoms with Gasteiger partial charge in [-0.05, 0) is 44.5 Å². The van der Waals surface area contributed by atoms with Gasteiger partial charge >= 0.3 is 0 Å².